The summed E-state index contributed by atoms with van der Waals surface area (Å²) in [6.07, 6.45) is 1.51. The molecule has 2 aromatic carbocycles. The van der Waals surface area contributed by atoms with Gasteiger partial charge in [-0.1, -0.05) is 11.6 Å². The lowest BCUT2D eigenvalue weighted by atomic mass is 10.1. The highest BCUT2D eigenvalue weighted by Crippen LogP contribution is 2.37. The van der Waals surface area contributed by atoms with Crippen molar-refractivity contribution in [2.24, 2.45) is 0 Å². The van der Waals surface area contributed by atoms with Crippen molar-refractivity contribution in [3.63, 3.8) is 0 Å². The van der Waals surface area contributed by atoms with Crippen LogP contribution in [0.15, 0.2) is 36.5 Å². The van der Waals surface area contributed by atoms with Crippen LogP contribution in [0.2, 0.25) is 5.02 Å². The molecular formula is C21H21ClN2O4. The van der Waals surface area contributed by atoms with E-state index in [4.69, 9.17) is 25.8 Å². The Morgan fingerprint density at radius 1 is 1.18 bits per heavy atom. The van der Waals surface area contributed by atoms with Gasteiger partial charge in [0.15, 0.2) is 0 Å². The molecule has 7 heteroatoms. The van der Waals surface area contributed by atoms with Crippen molar-refractivity contribution < 1.29 is 19.0 Å². The molecule has 28 heavy (non-hydrogen) atoms. The first-order valence-electron chi connectivity index (χ1n) is 8.73. The third-order valence-electron chi connectivity index (χ3n) is 4.29. The number of halogens is 1. The Morgan fingerprint density at radius 2 is 1.96 bits per heavy atom. The number of aromatic nitrogens is 1. The van der Waals surface area contributed by atoms with E-state index in [1.165, 1.54) is 6.20 Å². The van der Waals surface area contributed by atoms with E-state index >= 15 is 0 Å². The third-order valence-corrected chi connectivity index (χ3v) is 4.51. The summed E-state index contributed by atoms with van der Waals surface area (Å²) in [6.45, 7) is 3.94. The Hall–Kier alpha value is -2.99. The van der Waals surface area contributed by atoms with Gasteiger partial charge in [0.05, 0.1) is 37.7 Å². The van der Waals surface area contributed by atoms with Crippen LogP contribution in [0, 0.1) is 6.92 Å². The standard InChI is InChI=1S/C21H21ClN2O4/c1-5-28-21(25)16-11-23-19-12(2)8-13(22)9-15(19)20(16)24-17-7-6-14(26-3)10-18(17)27-4/h6-11H,5H2,1-4H3,(H,23,24). The molecule has 0 saturated heterocycles. The van der Waals surface area contributed by atoms with Gasteiger partial charge in [0.1, 0.15) is 17.1 Å². The predicted molar refractivity (Wildman–Crippen MR) is 110 cm³/mol. The molecule has 1 N–H and O–H groups in total. The molecule has 0 aliphatic carbocycles. The molecule has 0 spiro atoms. The van der Waals surface area contributed by atoms with E-state index in [0.29, 0.717) is 38.8 Å². The fourth-order valence-corrected chi connectivity index (χ4v) is 3.24. The van der Waals surface area contributed by atoms with Crippen molar-refractivity contribution in [3.8, 4) is 11.5 Å². The highest BCUT2D eigenvalue weighted by atomic mass is 35.5. The minimum Gasteiger partial charge on any atom is -0.497 e. The van der Waals surface area contributed by atoms with Gasteiger partial charge in [-0.3, -0.25) is 4.98 Å². The summed E-state index contributed by atoms with van der Waals surface area (Å²) >= 11 is 6.28. The van der Waals surface area contributed by atoms with E-state index < -0.39 is 5.97 Å². The SMILES string of the molecule is CCOC(=O)c1cnc2c(C)cc(Cl)cc2c1Nc1ccc(OC)cc1OC. The minimum atomic E-state index is -0.468. The van der Waals surface area contributed by atoms with Crippen LogP contribution in [-0.4, -0.2) is 31.8 Å². The van der Waals surface area contributed by atoms with Crippen LogP contribution >= 0.6 is 11.6 Å². The molecule has 0 atom stereocenters. The molecule has 6 nitrogen and oxygen atoms in total. The number of aryl methyl sites for hydroxylation is 1. The van der Waals surface area contributed by atoms with Gasteiger partial charge in [0, 0.05) is 22.7 Å². The first-order chi connectivity index (χ1) is 13.5. The largest absolute Gasteiger partial charge is 0.497 e. The number of carbonyl (C=O) groups excluding carboxylic acids is 1. The first-order valence-corrected chi connectivity index (χ1v) is 9.11. The van der Waals surface area contributed by atoms with Crippen molar-refractivity contribution in [1.82, 2.24) is 4.98 Å². The zero-order chi connectivity index (χ0) is 20.3. The highest BCUT2D eigenvalue weighted by Gasteiger charge is 2.19. The molecule has 0 fully saturated rings. The smallest absolute Gasteiger partial charge is 0.341 e. The van der Waals surface area contributed by atoms with Crippen LogP contribution in [0.5, 0.6) is 11.5 Å². The van der Waals surface area contributed by atoms with Gasteiger partial charge in [-0.25, -0.2) is 4.79 Å². The van der Waals surface area contributed by atoms with E-state index in [9.17, 15) is 4.79 Å². The van der Waals surface area contributed by atoms with Crippen molar-refractivity contribution in [2.75, 3.05) is 26.1 Å². The molecule has 0 unspecified atom stereocenters. The Balaban J connectivity index is 2.22. The number of esters is 1. The van der Waals surface area contributed by atoms with Crippen LogP contribution < -0.4 is 14.8 Å². The first kappa shape index (κ1) is 19.8. The number of hydrogen-bond donors (Lipinski definition) is 1. The Labute approximate surface area is 168 Å². The van der Waals surface area contributed by atoms with Crippen LogP contribution in [0.3, 0.4) is 0 Å². The van der Waals surface area contributed by atoms with Crippen molar-refractivity contribution in [1.29, 1.82) is 0 Å². The molecule has 3 aromatic rings. The maximum absolute atomic E-state index is 12.5. The molecule has 0 radical (unpaired) electrons. The second-order valence-electron chi connectivity index (χ2n) is 6.08. The number of pyridine rings is 1. The van der Waals surface area contributed by atoms with E-state index in [1.807, 2.05) is 19.1 Å². The Kier molecular flexibility index (Phi) is 5.90. The average molecular weight is 401 g/mol. The van der Waals surface area contributed by atoms with E-state index in [-0.39, 0.29) is 6.61 Å². The van der Waals surface area contributed by atoms with Gasteiger partial charge in [-0.05, 0) is 43.7 Å². The number of fused-ring (bicyclic) bond motifs is 1. The van der Waals surface area contributed by atoms with Crippen LogP contribution in [0.25, 0.3) is 10.9 Å². The molecule has 0 amide bonds. The third kappa shape index (κ3) is 3.82. The molecule has 1 heterocycles. The zero-order valence-corrected chi connectivity index (χ0v) is 16.9. The number of methoxy groups -OCH3 is 2. The molecule has 0 bridgehead atoms. The van der Waals surface area contributed by atoms with Gasteiger partial charge in [0.2, 0.25) is 0 Å². The van der Waals surface area contributed by atoms with Crippen molar-refractivity contribution in [3.05, 3.63) is 52.7 Å². The number of hydrogen-bond acceptors (Lipinski definition) is 6. The summed E-state index contributed by atoms with van der Waals surface area (Å²) < 4.78 is 15.9. The molecule has 0 saturated carbocycles. The summed E-state index contributed by atoms with van der Waals surface area (Å²) in [6, 6.07) is 8.98. The normalized spacial score (nSPS) is 10.6. The van der Waals surface area contributed by atoms with Gasteiger partial charge in [0.25, 0.3) is 0 Å². The number of anilines is 2. The highest BCUT2D eigenvalue weighted by molar-refractivity contribution is 6.31. The fourth-order valence-electron chi connectivity index (χ4n) is 2.97. The summed E-state index contributed by atoms with van der Waals surface area (Å²) in [7, 11) is 3.15. The lowest BCUT2D eigenvalue weighted by Gasteiger charge is -2.17. The number of ether oxygens (including phenoxy) is 3. The Morgan fingerprint density at radius 3 is 2.64 bits per heavy atom. The summed E-state index contributed by atoms with van der Waals surface area (Å²) in [5, 5.41) is 4.57. The number of rotatable bonds is 6. The van der Waals surface area contributed by atoms with Gasteiger partial charge in [-0.15, -0.1) is 0 Å². The minimum absolute atomic E-state index is 0.261. The molecular weight excluding hydrogens is 380 g/mol. The van der Waals surface area contributed by atoms with Gasteiger partial charge >= 0.3 is 5.97 Å². The second-order valence-corrected chi connectivity index (χ2v) is 6.51. The number of benzene rings is 2. The van der Waals surface area contributed by atoms with Crippen molar-refractivity contribution in [2.45, 2.75) is 13.8 Å². The van der Waals surface area contributed by atoms with Gasteiger partial charge < -0.3 is 19.5 Å². The lowest BCUT2D eigenvalue weighted by Crippen LogP contribution is -2.10. The zero-order valence-electron chi connectivity index (χ0n) is 16.1. The quantitative estimate of drug-likeness (QED) is 0.578. The second kappa shape index (κ2) is 8.35. The maximum Gasteiger partial charge on any atom is 0.341 e. The average Bonchev–Trinajstić information content (AvgIpc) is 2.68. The van der Waals surface area contributed by atoms with Crippen LogP contribution in [0.1, 0.15) is 22.8 Å². The number of nitrogens with one attached hydrogen (secondary N) is 1. The monoisotopic (exact) mass is 400 g/mol. The molecule has 0 aliphatic rings. The molecule has 3 rings (SSSR count). The summed E-state index contributed by atoms with van der Waals surface area (Å²) in [5.74, 6) is 0.758. The summed E-state index contributed by atoms with van der Waals surface area (Å²) in [5.41, 5.74) is 3.18. The van der Waals surface area contributed by atoms with E-state index in [2.05, 4.69) is 10.3 Å². The topological polar surface area (TPSA) is 69.7 Å². The fraction of sp³-hybridized carbons (Fsp3) is 0.238. The van der Waals surface area contributed by atoms with Gasteiger partial charge in [-0.2, -0.15) is 0 Å². The Bertz CT molecular complexity index is 1040. The molecule has 146 valence electrons. The van der Waals surface area contributed by atoms with E-state index in [1.54, 1.807) is 39.3 Å². The van der Waals surface area contributed by atoms with Crippen LogP contribution in [0.4, 0.5) is 11.4 Å². The summed E-state index contributed by atoms with van der Waals surface area (Å²) in [4.78, 5) is 17.0. The van der Waals surface area contributed by atoms with Crippen molar-refractivity contribution >= 4 is 39.8 Å². The number of carbonyl (C=O) groups is 1. The maximum atomic E-state index is 12.5. The molecule has 0 aliphatic heterocycles. The predicted octanol–water partition coefficient (Wildman–Crippen LogP) is 5.13. The number of nitrogens with zero attached hydrogens (tertiary/aromatic N) is 1. The van der Waals surface area contributed by atoms with E-state index in [0.717, 1.165) is 11.1 Å². The molecule has 1 aromatic heterocycles. The van der Waals surface area contributed by atoms with Crippen LogP contribution in [-0.2, 0) is 4.74 Å². The lowest BCUT2D eigenvalue weighted by molar-refractivity contribution is 0.0527.